The lowest BCUT2D eigenvalue weighted by molar-refractivity contribution is 0.124. The number of amides is 2. The molecule has 0 radical (unpaired) electrons. The van der Waals surface area contributed by atoms with Crippen LogP contribution in [-0.4, -0.2) is 37.2 Å². The van der Waals surface area contributed by atoms with Crippen molar-refractivity contribution in [3.8, 4) is 0 Å². The first-order valence-corrected chi connectivity index (χ1v) is 9.43. The van der Waals surface area contributed by atoms with Crippen molar-refractivity contribution < 1.29 is 9.53 Å². The number of hydrogen-bond donors (Lipinski definition) is 1. The van der Waals surface area contributed by atoms with E-state index >= 15 is 0 Å². The molecule has 0 spiro atoms. The van der Waals surface area contributed by atoms with E-state index in [1.165, 1.54) is 29.2 Å². The quantitative estimate of drug-likeness (QED) is 0.805. The summed E-state index contributed by atoms with van der Waals surface area (Å²) < 4.78 is 5.61. The second-order valence-electron chi connectivity index (χ2n) is 7.17. The zero-order chi connectivity index (χ0) is 17.1. The predicted octanol–water partition coefficient (Wildman–Crippen LogP) is 4.11. The Morgan fingerprint density at radius 2 is 1.96 bits per heavy atom. The highest BCUT2D eigenvalue weighted by atomic mass is 16.5. The van der Waals surface area contributed by atoms with E-state index in [2.05, 4.69) is 47.8 Å². The number of urea groups is 1. The molecule has 1 saturated heterocycles. The third kappa shape index (κ3) is 3.79. The minimum absolute atomic E-state index is 0.0328. The Balaban J connectivity index is 1.39. The van der Waals surface area contributed by atoms with Crippen LogP contribution in [0.2, 0.25) is 0 Å². The molecule has 25 heavy (non-hydrogen) atoms. The normalized spacial score (nSPS) is 20.2. The maximum absolute atomic E-state index is 12.6. The maximum atomic E-state index is 12.6. The molecule has 1 saturated carbocycles. The van der Waals surface area contributed by atoms with Crippen molar-refractivity contribution in [2.75, 3.05) is 26.3 Å². The van der Waals surface area contributed by atoms with Crippen molar-refractivity contribution >= 4 is 16.8 Å². The minimum atomic E-state index is 0.0328. The van der Waals surface area contributed by atoms with Crippen LogP contribution in [0.15, 0.2) is 42.5 Å². The van der Waals surface area contributed by atoms with Gasteiger partial charge in [-0.1, -0.05) is 42.5 Å². The van der Waals surface area contributed by atoms with Gasteiger partial charge in [0.15, 0.2) is 0 Å². The number of rotatable bonds is 6. The molecule has 4 heteroatoms. The highest BCUT2D eigenvalue weighted by Crippen LogP contribution is 2.35. The first-order valence-electron chi connectivity index (χ1n) is 9.43. The average Bonchev–Trinajstić information content (AvgIpc) is 3.34. The molecular formula is C21H26N2O2. The van der Waals surface area contributed by atoms with Gasteiger partial charge in [0, 0.05) is 19.7 Å². The van der Waals surface area contributed by atoms with Gasteiger partial charge >= 0.3 is 6.03 Å². The van der Waals surface area contributed by atoms with Crippen molar-refractivity contribution in [3.05, 3.63) is 48.0 Å². The molecule has 1 N–H and O–H groups in total. The molecule has 2 aliphatic rings. The molecule has 2 aromatic carbocycles. The average molecular weight is 338 g/mol. The summed E-state index contributed by atoms with van der Waals surface area (Å²) in [6.45, 7) is 2.86. The van der Waals surface area contributed by atoms with Crippen molar-refractivity contribution in [3.63, 3.8) is 0 Å². The molecule has 1 unspecified atom stereocenters. The van der Waals surface area contributed by atoms with E-state index < -0.39 is 0 Å². The van der Waals surface area contributed by atoms with Crippen molar-refractivity contribution in [2.45, 2.75) is 31.7 Å². The van der Waals surface area contributed by atoms with Gasteiger partial charge < -0.3 is 15.0 Å². The molecule has 1 aliphatic carbocycles. The Morgan fingerprint density at radius 3 is 2.84 bits per heavy atom. The maximum Gasteiger partial charge on any atom is 0.317 e. The van der Waals surface area contributed by atoms with E-state index in [0.29, 0.717) is 13.2 Å². The van der Waals surface area contributed by atoms with Crippen LogP contribution in [0.25, 0.3) is 10.8 Å². The first-order chi connectivity index (χ1) is 12.3. The zero-order valence-electron chi connectivity index (χ0n) is 14.6. The molecule has 2 amide bonds. The smallest absolute Gasteiger partial charge is 0.317 e. The summed E-state index contributed by atoms with van der Waals surface area (Å²) in [5, 5.41) is 5.52. The molecule has 1 heterocycles. The van der Waals surface area contributed by atoms with Gasteiger partial charge in [0.25, 0.3) is 0 Å². The van der Waals surface area contributed by atoms with E-state index in [1.807, 2.05) is 4.90 Å². The Morgan fingerprint density at radius 1 is 1.12 bits per heavy atom. The number of nitrogens with zero attached hydrogens (tertiary/aromatic N) is 1. The van der Waals surface area contributed by atoms with Gasteiger partial charge in [-0.05, 0) is 47.9 Å². The molecule has 0 bridgehead atoms. The lowest BCUT2D eigenvalue weighted by atomic mass is 9.97. The third-order valence-corrected chi connectivity index (χ3v) is 5.27. The molecule has 0 aromatic heterocycles. The molecule has 2 fully saturated rings. The second-order valence-corrected chi connectivity index (χ2v) is 7.17. The van der Waals surface area contributed by atoms with Crippen LogP contribution in [0.5, 0.6) is 0 Å². The Kier molecular flexibility index (Phi) is 4.88. The first kappa shape index (κ1) is 16.4. The van der Waals surface area contributed by atoms with Crippen molar-refractivity contribution in [2.24, 2.45) is 5.92 Å². The van der Waals surface area contributed by atoms with E-state index in [4.69, 9.17) is 4.74 Å². The van der Waals surface area contributed by atoms with Gasteiger partial charge in [-0.3, -0.25) is 0 Å². The van der Waals surface area contributed by atoms with E-state index in [0.717, 1.165) is 31.9 Å². The molecule has 4 nitrogen and oxygen atoms in total. The van der Waals surface area contributed by atoms with E-state index in [-0.39, 0.29) is 12.1 Å². The van der Waals surface area contributed by atoms with Gasteiger partial charge in [0.2, 0.25) is 0 Å². The highest BCUT2D eigenvalue weighted by molar-refractivity contribution is 5.87. The molecule has 1 atom stereocenters. The molecule has 1 aliphatic heterocycles. The van der Waals surface area contributed by atoms with Crippen LogP contribution in [0.3, 0.4) is 0 Å². The van der Waals surface area contributed by atoms with Gasteiger partial charge in [-0.2, -0.15) is 0 Å². The van der Waals surface area contributed by atoms with Gasteiger partial charge in [-0.25, -0.2) is 4.79 Å². The number of likely N-dealkylation sites (tertiary alicyclic amines) is 1. The fraction of sp³-hybridized carbons (Fsp3) is 0.476. The number of carbonyl (C=O) groups excluding carboxylic acids is 1. The summed E-state index contributed by atoms with van der Waals surface area (Å²) in [6.07, 6.45) is 4.68. The molecular weight excluding hydrogens is 312 g/mol. The molecule has 2 aromatic rings. The summed E-state index contributed by atoms with van der Waals surface area (Å²) in [5.74, 6) is 0.769. The lowest BCUT2D eigenvalue weighted by Crippen LogP contribution is -2.40. The van der Waals surface area contributed by atoms with Gasteiger partial charge in [-0.15, -0.1) is 0 Å². The van der Waals surface area contributed by atoms with Crippen LogP contribution in [0.1, 0.15) is 37.3 Å². The van der Waals surface area contributed by atoms with Crippen molar-refractivity contribution in [1.82, 2.24) is 10.2 Å². The number of fused-ring (bicyclic) bond motifs is 1. The monoisotopic (exact) mass is 338 g/mol. The van der Waals surface area contributed by atoms with E-state index in [9.17, 15) is 4.79 Å². The van der Waals surface area contributed by atoms with Crippen LogP contribution in [0, 0.1) is 5.92 Å². The fourth-order valence-corrected chi connectivity index (χ4v) is 3.74. The number of ether oxygens (including phenoxy) is 1. The predicted molar refractivity (Wildman–Crippen MR) is 99.6 cm³/mol. The summed E-state index contributed by atoms with van der Waals surface area (Å²) in [5.41, 5.74) is 1.26. The Bertz CT molecular complexity index is 736. The number of benzene rings is 2. The highest BCUT2D eigenvalue weighted by Gasteiger charge is 2.30. The summed E-state index contributed by atoms with van der Waals surface area (Å²) in [7, 11) is 0. The molecule has 4 rings (SSSR count). The largest absolute Gasteiger partial charge is 0.379 e. The van der Waals surface area contributed by atoms with Crippen LogP contribution < -0.4 is 5.32 Å². The summed E-state index contributed by atoms with van der Waals surface area (Å²) in [6, 6.07) is 15.0. The second kappa shape index (κ2) is 7.44. The van der Waals surface area contributed by atoms with Gasteiger partial charge in [0.1, 0.15) is 0 Å². The zero-order valence-corrected chi connectivity index (χ0v) is 14.6. The fourth-order valence-electron chi connectivity index (χ4n) is 3.74. The number of nitrogens with one attached hydrogen (secondary N) is 1. The van der Waals surface area contributed by atoms with Crippen LogP contribution in [-0.2, 0) is 4.74 Å². The minimum Gasteiger partial charge on any atom is -0.379 e. The van der Waals surface area contributed by atoms with E-state index in [1.54, 1.807) is 0 Å². The summed E-state index contributed by atoms with van der Waals surface area (Å²) in [4.78, 5) is 14.6. The molecule has 132 valence electrons. The standard InChI is InChI=1S/C21H26N2O2/c24-21(22-12-14-25-15-16-10-11-16)23-13-4-9-20(23)19-8-3-6-17-5-1-2-7-18(17)19/h1-3,5-8,16,20H,4,9-15H2,(H,22,24). The Hall–Kier alpha value is -2.07. The Labute approximate surface area is 149 Å². The number of carbonyl (C=O) groups is 1. The lowest BCUT2D eigenvalue weighted by Gasteiger charge is -2.26. The SMILES string of the molecule is O=C(NCCOCC1CC1)N1CCCC1c1cccc2ccccc12. The summed E-state index contributed by atoms with van der Waals surface area (Å²) >= 11 is 0. The topological polar surface area (TPSA) is 41.6 Å². The third-order valence-electron chi connectivity index (χ3n) is 5.27. The van der Waals surface area contributed by atoms with Crippen molar-refractivity contribution in [1.29, 1.82) is 0 Å². The van der Waals surface area contributed by atoms with Crippen LogP contribution >= 0.6 is 0 Å². The van der Waals surface area contributed by atoms with Crippen LogP contribution in [0.4, 0.5) is 4.79 Å². The number of hydrogen-bond acceptors (Lipinski definition) is 2. The van der Waals surface area contributed by atoms with Gasteiger partial charge in [0.05, 0.1) is 12.6 Å².